The summed E-state index contributed by atoms with van der Waals surface area (Å²) in [6, 6.07) is 14.0. The van der Waals surface area contributed by atoms with Crippen molar-refractivity contribution in [1.29, 1.82) is 0 Å². The molecule has 2 N–H and O–H groups in total. The van der Waals surface area contributed by atoms with Crippen molar-refractivity contribution in [3.63, 3.8) is 0 Å². The molecule has 6 heteroatoms. The Morgan fingerprint density at radius 3 is 2.39 bits per heavy atom. The molecule has 0 aliphatic rings. The zero-order valence-corrected chi connectivity index (χ0v) is 17.1. The van der Waals surface area contributed by atoms with E-state index in [1.165, 1.54) is 19.8 Å². The van der Waals surface area contributed by atoms with E-state index in [1.807, 2.05) is 6.07 Å². The highest BCUT2D eigenvalue weighted by Gasteiger charge is 2.13. The van der Waals surface area contributed by atoms with Gasteiger partial charge in [-0.1, -0.05) is 38.3 Å². The molecule has 2 rings (SSSR count). The lowest BCUT2D eigenvalue weighted by molar-refractivity contribution is 0.0972. The third kappa shape index (κ3) is 6.78. The third-order valence-electron chi connectivity index (χ3n) is 4.16. The maximum absolute atomic E-state index is 12.6. The van der Waals surface area contributed by atoms with E-state index in [-0.39, 0.29) is 16.8 Å². The van der Waals surface area contributed by atoms with Gasteiger partial charge in [0.1, 0.15) is 5.75 Å². The van der Waals surface area contributed by atoms with Crippen LogP contribution in [0.25, 0.3) is 0 Å². The van der Waals surface area contributed by atoms with Gasteiger partial charge in [0.15, 0.2) is 10.9 Å². The molecule has 148 valence electrons. The van der Waals surface area contributed by atoms with Gasteiger partial charge in [0.25, 0.3) is 5.91 Å². The second-order valence-electron chi connectivity index (χ2n) is 6.45. The van der Waals surface area contributed by atoms with Gasteiger partial charge in [-0.05, 0) is 62.0 Å². The van der Waals surface area contributed by atoms with Crippen LogP contribution in [-0.4, -0.2) is 23.4 Å². The van der Waals surface area contributed by atoms with Gasteiger partial charge in [0, 0.05) is 11.3 Å². The SMILES string of the molecule is CCCCCCOc1ccccc1C(=O)NC(=S)Nc1ccc(C(C)=O)cc1. The van der Waals surface area contributed by atoms with Crippen molar-refractivity contribution in [2.75, 3.05) is 11.9 Å². The number of carbonyl (C=O) groups is 2. The molecule has 0 aliphatic carbocycles. The topological polar surface area (TPSA) is 67.4 Å². The normalized spacial score (nSPS) is 10.2. The van der Waals surface area contributed by atoms with Gasteiger partial charge in [0.05, 0.1) is 12.2 Å². The Kier molecular flexibility index (Phi) is 8.62. The molecule has 0 saturated heterocycles. The van der Waals surface area contributed by atoms with Crippen LogP contribution in [-0.2, 0) is 0 Å². The van der Waals surface area contributed by atoms with Crippen molar-refractivity contribution in [1.82, 2.24) is 5.32 Å². The van der Waals surface area contributed by atoms with E-state index >= 15 is 0 Å². The van der Waals surface area contributed by atoms with Crippen LogP contribution in [0.4, 0.5) is 5.69 Å². The van der Waals surface area contributed by atoms with Crippen LogP contribution in [0.1, 0.15) is 60.2 Å². The van der Waals surface area contributed by atoms with Crippen molar-refractivity contribution in [3.05, 3.63) is 59.7 Å². The zero-order chi connectivity index (χ0) is 20.4. The lowest BCUT2D eigenvalue weighted by Gasteiger charge is -2.13. The molecule has 0 spiro atoms. The molecule has 0 saturated carbocycles. The predicted octanol–water partition coefficient (Wildman–Crippen LogP) is 4.98. The Hall–Kier alpha value is -2.73. The molecule has 0 atom stereocenters. The van der Waals surface area contributed by atoms with E-state index in [2.05, 4.69) is 17.6 Å². The van der Waals surface area contributed by atoms with Gasteiger partial charge in [-0.15, -0.1) is 0 Å². The Labute approximate surface area is 171 Å². The number of benzene rings is 2. The number of hydrogen-bond donors (Lipinski definition) is 2. The molecule has 1 amide bonds. The van der Waals surface area contributed by atoms with E-state index in [0.29, 0.717) is 29.2 Å². The Balaban J connectivity index is 1.92. The fourth-order valence-corrected chi connectivity index (χ4v) is 2.82. The summed E-state index contributed by atoms with van der Waals surface area (Å²) in [5, 5.41) is 5.79. The Bertz CT molecular complexity index is 819. The first-order chi connectivity index (χ1) is 13.5. The predicted molar refractivity (Wildman–Crippen MR) is 116 cm³/mol. The van der Waals surface area contributed by atoms with Crippen LogP contribution >= 0.6 is 12.2 Å². The summed E-state index contributed by atoms with van der Waals surface area (Å²) in [5.74, 6) is 0.209. The molecule has 0 bridgehead atoms. The number of Topliss-reactive ketones (excluding diaryl/α,β-unsaturated/α-hetero) is 1. The van der Waals surface area contributed by atoms with Gasteiger partial charge >= 0.3 is 0 Å². The number of ketones is 1. The summed E-state index contributed by atoms with van der Waals surface area (Å²) < 4.78 is 5.78. The minimum Gasteiger partial charge on any atom is -0.493 e. The first-order valence-electron chi connectivity index (χ1n) is 9.46. The number of nitrogens with one attached hydrogen (secondary N) is 2. The number of ether oxygens (including phenoxy) is 1. The smallest absolute Gasteiger partial charge is 0.261 e. The summed E-state index contributed by atoms with van der Waals surface area (Å²) in [7, 11) is 0. The second-order valence-corrected chi connectivity index (χ2v) is 6.86. The number of para-hydroxylation sites is 1. The van der Waals surface area contributed by atoms with Crippen molar-refractivity contribution in [3.8, 4) is 5.75 Å². The van der Waals surface area contributed by atoms with E-state index < -0.39 is 0 Å². The summed E-state index contributed by atoms with van der Waals surface area (Å²) in [4.78, 5) is 23.9. The first-order valence-corrected chi connectivity index (χ1v) is 9.87. The molecular formula is C22H26N2O3S. The highest BCUT2D eigenvalue weighted by Crippen LogP contribution is 2.18. The molecule has 0 radical (unpaired) electrons. The van der Waals surface area contributed by atoms with Gasteiger partial charge in [-0.25, -0.2) is 0 Å². The van der Waals surface area contributed by atoms with Gasteiger partial charge in [-0.3, -0.25) is 14.9 Å². The van der Waals surface area contributed by atoms with Crippen LogP contribution in [0.15, 0.2) is 48.5 Å². The van der Waals surface area contributed by atoms with Gasteiger partial charge in [-0.2, -0.15) is 0 Å². The van der Waals surface area contributed by atoms with Crippen molar-refractivity contribution < 1.29 is 14.3 Å². The molecule has 5 nitrogen and oxygen atoms in total. The number of hydrogen-bond acceptors (Lipinski definition) is 4. The van der Waals surface area contributed by atoms with Crippen LogP contribution in [0.5, 0.6) is 5.75 Å². The minimum atomic E-state index is -0.331. The zero-order valence-electron chi connectivity index (χ0n) is 16.3. The lowest BCUT2D eigenvalue weighted by atomic mass is 10.1. The van der Waals surface area contributed by atoms with Crippen LogP contribution in [0.2, 0.25) is 0 Å². The molecule has 0 unspecified atom stereocenters. The maximum atomic E-state index is 12.6. The number of anilines is 1. The molecule has 0 fully saturated rings. The van der Waals surface area contributed by atoms with Crippen molar-refractivity contribution in [2.24, 2.45) is 0 Å². The van der Waals surface area contributed by atoms with E-state index in [1.54, 1.807) is 42.5 Å². The molecule has 0 aromatic heterocycles. The first kappa shape index (κ1) is 21.6. The molecule has 28 heavy (non-hydrogen) atoms. The number of rotatable bonds is 9. The van der Waals surface area contributed by atoms with Crippen LogP contribution in [0, 0.1) is 0 Å². The minimum absolute atomic E-state index is 0.00581. The molecule has 2 aromatic carbocycles. The highest BCUT2D eigenvalue weighted by atomic mass is 32.1. The molecular weight excluding hydrogens is 372 g/mol. The monoisotopic (exact) mass is 398 g/mol. The number of carbonyl (C=O) groups excluding carboxylic acids is 2. The summed E-state index contributed by atoms with van der Waals surface area (Å²) >= 11 is 5.22. The fraction of sp³-hybridized carbons (Fsp3) is 0.318. The van der Waals surface area contributed by atoms with E-state index in [0.717, 1.165) is 12.8 Å². The van der Waals surface area contributed by atoms with Gasteiger partial charge < -0.3 is 10.1 Å². The largest absolute Gasteiger partial charge is 0.493 e. The molecule has 2 aromatic rings. The molecule has 0 aliphatic heterocycles. The number of amides is 1. The summed E-state index contributed by atoms with van der Waals surface area (Å²) in [6.07, 6.45) is 4.42. The number of thiocarbonyl (C=S) groups is 1. The van der Waals surface area contributed by atoms with Crippen LogP contribution < -0.4 is 15.4 Å². The highest BCUT2D eigenvalue weighted by molar-refractivity contribution is 7.80. The van der Waals surface area contributed by atoms with Crippen LogP contribution in [0.3, 0.4) is 0 Å². The summed E-state index contributed by atoms with van der Waals surface area (Å²) in [5.41, 5.74) is 1.75. The van der Waals surface area contributed by atoms with E-state index in [9.17, 15) is 9.59 Å². The fourth-order valence-electron chi connectivity index (χ4n) is 2.61. The Morgan fingerprint density at radius 2 is 1.71 bits per heavy atom. The summed E-state index contributed by atoms with van der Waals surface area (Å²) in [6.45, 7) is 4.25. The second kappa shape index (κ2) is 11.2. The lowest BCUT2D eigenvalue weighted by Crippen LogP contribution is -2.34. The number of unbranched alkanes of at least 4 members (excludes halogenated alkanes) is 3. The Morgan fingerprint density at radius 1 is 1.00 bits per heavy atom. The van der Waals surface area contributed by atoms with E-state index in [4.69, 9.17) is 17.0 Å². The molecule has 0 heterocycles. The standard InChI is InChI=1S/C22H26N2O3S/c1-3-4-5-8-15-27-20-10-7-6-9-19(20)21(26)24-22(28)23-18-13-11-17(12-14-18)16(2)25/h6-7,9-14H,3-5,8,15H2,1-2H3,(H2,23,24,26,28). The maximum Gasteiger partial charge on any atom is 0.261 e. The quantitative estimate of drug-likeness (QED) is 0.354. The average molecular weight is 399 g/mol. The van der Waals surface area contributed by atoms with Gasteiger partial charge in [0.2, 0.25) is 0 Å². The third-order valence-corrected chi connectivity index (χ3v) is 4.37. The average Bonchev–Trinajstić information content (AvgIpc) is 2.68. The van der Waals surface area contributed by atoms with Crippen molar-refractivity contribution >= 4 is 34.7 Å². The van der Waals surface area contributed by atoms with Crippen molar-refractivity contribution in [2.45, 2.75) is 39.5 Å².